The zero-order valence-corrected chi connectivity index (χ0v) is 15.1. The first-order valence-corrected chi connectivity index (χ1v) is 9.47. The van der Waals surface area contributed by atoms with E-state index in [1.165, 1.54) is 43.5 Å². The van der Waals surface area contributed by atoms with Crippen LogP contribution in [0.1, 0.15) is 13.3 Å². The van der Waals surface area contributed by atoms with Gasteiger partial charge in [0.25, 0.3) is 10.0 Å². The van der Waals surface area contributed by atoms with Crippen molar-refractivity contribution in [3.05, 3.63) is 48.7 Å². The van der Waals surface area contributed by atoms with Crippen LogP contribution in [0.4, 0.5) is 11.5 Å². The molecule has 140 valence electrons. The molecule has 3 rings (SSSR count). The number of nitrogens with zero attached hydrogens (tertiary/aromatic N) is 3. The summed E-state index contributed by atoms with van der Waals surface area (Å²) in [4.78, 5) is 27.6. The highest BCUT2D eigenvalue weighted by Crippen LogP contribution is 2.28. The van der Waals surface area contributed by atoms with Gasteiger partial charge in [0, 0.05) is 12.6 Å². The number of sulfonamides is 1. The summed E-state index contributed by atoms with van der Waals surface area (Å²) >= 11 is 0. The summed E-state index contributed by atoms with van der Waals surface area (Å²) in [6.45, 7) is 1.36. The molecular formula is C17H16N4O5S. The van der Waals surface area contributed by atoms with Gasteiger partial charge in [-0.25, -0.2) is 18.2 Å². The predicted octanol–water partition coefficient (Wildman–Crippen LogP) is 2.24. The maximum atomic E-state index is 12.4. The van der Waals surface area contributed by atoms with E-state index in [9.17, 15) is 18.0 Å². The molecule has 0 bridgehead atoms. The third-order valence-electron chi connectivity index (χ3n) is 4.00. The number of nitrogens with one attached hydrogen (secondary N) is 1. The number of hydrogen-bond acceptors (Lipinski definition) is 8. The maximum Gasteiger partial charge on any atom is 0.343 e. The van der Waals surface area contributed by atoms with E-state index in [0.717, 1.165) is 0 Å². The average Bonchev–Trinajstić information content (AvgIpc) is 3.03. The van der Waals surface area contributed by atoms with Crippen molar-refractivity contribution in [3.8, 4) is 0 Å². The third-order valence-corrected chi connectivity index (χ3v) is 5.37. The van der Waals surface area contributed by atoms with Gasteiger partial charge in [0.2, 0.25) is 5.54 Å². The van der Waals surface area contributed by atoms with Crippen LogP contribution in [0.5, 0.6) is 0 Å². The van der Waals surface area contributed by atoms with Crippen LogP contribution in [0.2, 0.25) is 0 Å². The van der Waals surface area contributed by atoms with Gasteiger partial charge in [0.15, 0.2) is 5.78 Å². The van der Waals surface area contributed by atoms with Gasteiger partial charge in [-0.3, -0.25) is 9.52 Å². The first kappa shape index (κ1) is 18.6. The molecule has 0 spiro atoms. The number of cyclic esters (lactones) is 1. The number of anilines is 1. The number of carbonyl (C=O) groups is 2. The average molecular weight is 388 g/mol. The van der Waals surface area contributed by atoms with Crippen molar-refractivity contribution < 1.29 is 22.7 Å². The van der Waals surface area contributed by atoms with Crippen LogP contribution >= 0.6 is 0 Å². The molecule has 2 heterocycles. The number of carbonyl (C=O) groups excluding carboxylic acids is 2. The van der Waals surface area contributed by atoms with Crippen LogP contribution in [0.15, 0.2) is 63.8 Å². The molecule has 1 aromatic heterocycles. The number of azo groups is 1. The van der Waals surface area contributed by atoms with E-state index in [2.05, 4.69) is 19.9 Å². The fourth-order valence-electron chi connectivity index (χ4n) is 2.45. The molecule has 10 heteroatoms. The predicted molar refractivity (Wildman–Crippen MR) is 95.0 cm³/mol. The van der Waals surface area contributed by atoms with E-state index in [1.807, 2.05) is 0 Å². The van der Waals surface area contributed by atoms with Gasteiger partial charge in [-0.05, 0) is 43.3 Å². The van der Waals surface area contributed by atoms with Crippen LogP contribution in [-0.2, 0) is 24.3 Å². The monoisotopic (exact) mass is 388 g/mol. The van der Waals surface area contributed by atoms with Crippen molar-refractivity contribution in [3.63, 3.8) is 0 Å². The molecule has 0 aliphatic carbocycles. The highest BCUT2D eigenvalue weighted by molar-refractivity contribution is 7.92. The second-order valence-corrected chi connectivity index (χ2v) is 7.50. The Hall–Kier alpha value is -3.14. The van der Waals surface area contributed by atoms with Gasteiger partial charge in [0.1, 0.15) is 5.82 Å². The molecule has 1 aromatic carbocycles. The van der Waals surface area contributed by atoms with E-state index in [4.69, 9.17) is 4.74 Å². The summed E-state index contributed by atoms with van der Waals surface area (Å²) in [7, 11) is -3.81. The van der Waals surface area contributed by atoms with E-state index >= 15 is 0 Å². The topological polar surface area (TPSA) is 127 Å². The number of benzene rings is 1. The number of ketones is 1. The summed E-state index contributed by atoms with van der Waals surface area (Å²) < 4.78 is 31.9. The van der Waals surface area contributed by atoms with E-state index in [1.54, 1.807) is 12.1 Å². The zero-order chi connectivity index (χ0) is 19.5. The fraction of sp³-hybridized carbons (Fsp3) is 0.235. The molecule has 0 radical (unpaired) electrons. The van der Waals surface area contributed by atoms with E-state index in [0.29, 0.717) is 5.69 Å². The molecular weight excluding hydrogens is 372 g/mol. The molecule has 1 atom stereocenters. The van der Waals surface area contributed by atoms with E-state index < -0.39 is 27.3 Å². The summed E-state index contributed by atoms with van der Waals surface area (Å²) in [6, 6.07) is 10.4. The molecule has 1 saturated heterocycles. The molecule has 0 unspecified atom stereocenters. The highest BCUT2D eigenvalue weighted by atomic mass is 32.2. The van der Waals surface area contributed by atoms with Gasteiger partial charge in [-0.2, -0.15) is 10.2 Å². The number of ether oxygens (including phenoxy) is 1. The standard InChI is InChI=1S/C17H16N4O5S/c1-12(22)17(9-11-26-16(17)23)21-19-13-5-7-14(8-6-13)27(24,25)20-15-4-2-3-10-18-15/h2-8,10H,9,11H2,1H3,(H,18,20)/t17-/m1/s1. The molecule has 0 amide bonds. The number of aromatic nitrogens is 1. The second-order valence-electron chi connectivity index (χ2n) is 5.82. The SMILES string of the molecule is CC(=O)[C@]1(N=Nc2ccc(S(=O)(=O)Nc3ccccn3)cc2)CCOC1=O. The lowest BCUT2D eigenvalue weighted by atomic mass is 9.95. The summed E-state index contributed by atoms with van der Waals surface area (Å²) in [5, 5.41) is 7.81. The molecule has 27 heavy (non-hydrogen) atoms. The van der Waals surface area contributed by atoms with Crippen molar-refractivity contribution in [1.82, 2.24) is 4.98 Å². The molecule has 1 N–H and O–H groups in total. The Morgan fingerprint density at radius 1 is 1.22 bits per heavy atom. The Labute approximate surface area is 155 Å². The smallest absolute Gasteiger partial charge is 0.343 e. The van der Waals surface area contributed by atoms with Crippen LogP contribution in [0.3, 0.4) is 0 Å². The number of rotatable bonds is 6. The number of pyridine rings is 1. The van der Waals surface area contributed by atoms with Crippen molar-refractivity contribution in [2.24, 2.45) is 10.2 Å². The van der Waals surface area contributed by atoms with Crippen molar-refractivity contribution in [1.29, 1.82) is 0 Å². The Balaban J connectivity index is 1.79. The van der Waals surface area contributed by atoms with Crippen molar-refractivity contribution in [2.45, 2.75) is 23.8 Å². The normalized spacial score (nSPS) is 19.8. The van der Waals surface area contributed by atoms with Gasteiger partial charge in [-0.15, -0.1) is 0 Å². The van der Waals surface area contributed by atoms with Crippen LogP contribution in [0, 0.1) is 0 Å². The molecule has 1 fully saturated rings. The lowest BCUT2D eigenvalue weighted by molar-refractivity contribution is -0.145. The van der Waals surface area contributed by atoms with Gasteiger partial charge in [0.05, 0.1) is 17.2 Å². The minimum absolute atomic E-state index is 0.00802. The third kappa shape index (κ3) is 3.85. The van der Waals surface area contributed by atoms with Gasteiger partial charge in [-0.1, -0.05) is 6.07 Å². The minimum atomic E-state index is -3.81. The van der Waals surface area contributed by atoms with Crippen LogP contribution in [-0.4, -0.2) is 37.3 Å². The number of hydrogen-bond donors (Lipinski definition) is 1. The lowest BCUT2D eigenvalue weighted by Crippen LogP contribution is -2.39. The molecule has 9 nitrogen and oxygen atoms in total. The summed E-state index contributed by atoms with van der Waals surface area (Å²) in [5.74, 6) is -0.977. The first-order chi connectivity index (χ1) is 12.8. The van der Waals surface area contributed by atoms with Gasteiger partial charge < -0.3 is 4.74 Å². The largest absolute Gasteiger partial charge is 0.463 e. The second kappa shape index (κ2) is 7.23. The minimum Gasteiger partial charge on any atom is -0.463 e. The van der Waals surface area contributed by atoms with Crippen LogP contribution < -0.4 is 4.72 Å². The Kier molecular flexibility index (Phi) is 5.00. The number of Topliss-reactive ketones (excluding diaryl/α,β-unsaturated/α-hetero) is 1. The first-order valence-electron chi connectivity index (χ1n) is 7.99. The zero-order valence-electron chi connectivity index (χ0n) is 14.3. The maximum absolute atomic E-state index is 12.4. The molecule has 1 aliphatic rings. The van der Waals surface area contributed by atoms with E-state index in [-0.39, 0.29) is 23.7 Å². The Bertz CT molecular complexity index is 990. The fourth-order valence-corrected chi connectivity index (χ4v) is 3.46. The van der Waals surface area contributed by atoms with Crippen LogP contribution in [0.25, 0.3) is 0 Å². The summed E-state index contributed by atoms with van der Waals surface area (Å²) in [5.41, 5.74) is -1.32. The Morgan fingerprint density at radius 3 is 2.52 bits per heavy atom. The molecule has 0 saturated carbocycles. The lowest BCUT2D eigenvalue weighted by Gasteiger charge is -2.13. The van der Waals surface area contributed by atoms with Crippen molar-refractivity contribution in [2.75, 3.05) is 11.3 Å². The number of esters is 1. The molecule has 1 aliphatic heterocycles. The van der Waals surface area contributed by atoms with Gasteiger partial charge >= 0.3 is 5.97 Å². The summed E-state index contributed by atoms with van der Waals surface area (Å²) in [6.07, 6.45) is 1.60. The quantitative estimate of drug-likeness (QED) is 0.459. The highest BCUT2D eigenvalue weighted by Gasteiger charge is 2.50. The Morgan fingerprint density at radius 2 is 1.96 bits per heavy atom. The molecule has 2 aromatic rings. The van der Waals surface area contributed by atoms with Crippen molar-refractivity contribution >= 4 is 33.3 Å².